The maximum absolute atomic E-state index is 9.50. The van der Waals surface area contributed by atoms with Crippen LogP contribution in [0.15, 0.2) is 30.3 Å². The van der Waals surface area contributed by atoms with Crippen LogP contribution in [0.25, 0.3) is 0 Å². The highest BCUT2D eigenvalue weighted by Crippen LogP contribution is 2.43. The average molecular weight is 288 g/mol. The van der Waals surface area contributed by atoms with E-state index >= 15 is 0 Å². The molecule has 0 amide bonds. The molecule has 1 aromatic rings. The molecule has 1 N–H and O–H groups in total. The van der Waals surface area contributed by atoms with Crippen molar-refractivity contribution < 1.29 is 0 Å². The highest BCUT2D eigenvalue weighted by atomic mass is 32.2. The molecule has 0 aromatic heterocycles. The largest absolute Gasteiger partial charge is 0.314 e. The first kappa shape index (κ1) is 15.4. The Morgan fingerprint density at radius 1 is 1.25 bits per heavy atom. The lowest BCUT2D eigenvalue weighted by Gasteiger charge is -2.43. The molecule has 1 aliphatic carbocycles. The molecule has 1 aromatic carbocycles. The second-order valence-electron chi connectivity index (χ2n) is 5.67. The molecule has 108 valence electrons. The summed E-state index contributed by atoms with van der Waals surface area (Å²) in [6.07, 6.45) is 7.96. The van der Waals surface area contributed by atoms with E-state index in [9.17, 15) is 5.26 Å². The van der Waals surface area contributed by atoms with Crippen molar-refractivity contribution in [3.8, 4) is 6.07 Å². The van der Waals surface area contributed by atoms with Crippen molar-refractivity contribution in [2.75, 3.05) is 18.6 Å². The van der Waals surface area contributed by atoms with Crippen molar-refractivity contribution in [2.24, 2.45) is 0 Å². The predicted octanol–water partition coefficient (Wildman–Crippen LogP) is 3.73. The fourth-order valence-electron chi connectivity index (χ4n) is 2.93. The number of rotatable bonds is 8. The summed E-state index contributed by atoms with van der Waals surface area (Å²) in [6.45, 7) is 1.09. The Morgan fingerprint density at radius 2 is 2.00 bits per heavy atom. The molecular weight excluding hydrogens is 264 g/mol. The molecule has 0 unspecified atom stereocenters. The van der Waals surface area contributed by atoms with Gasteiger partial charge in [-0.05, 0) is 49.8 Å². The number of nitriles is 1. The molecule has 0 saturated heterocycles. The van der Waals surface area contributed by atoms with Gasteiger partial charge in [0.15, 0.2) is 0 Å². The van der Waals surface area contributed by atoms with Gasteiger partial charge in [-0.3, -0.25) is 0 Å². The van der Waals surface area contributed by atoms with Crippen LogP contribution in [0.5, 0.6) is 0 Å². The van der Waals surface area contributed by atoms with Crippen molar-refractivity contribution in [1.82, 2.24) is 5.32 Å². The van der Waals surface area contributed by atoms with E-state index in [1.165, 1.54) is 30.6 Å². The maximum atomic E-state index is 9.50. The Labute approximate surface area is 127 Å². The molecule has 2 nitrogen and oxygen atoms in total. The summed E-state index contributed by atoms with van der Waals surface area (Å²) >= 11 is 1.93. The second-order valence-corrected chi connectivity index (χ2v) is 6.66. The van der Waals surface area contributed by atoms with E-state index in [0.717, 1.165) is 19.4 Å². The molecule has 0 radical (unpaired) electrons. The lowest BCUT2D eigenvalue weighted by atomic mass is 9.62. The third-order valence-electron chi connectivity index (χ3n) is 4.19. The van der Waals surface area contributed by atoms with Gasteiger partial charge < -0.3 is 5.32 Å². The third-order valence-corrected chi connectivity index (χ3v) is 4.89. The highest BCUT2D eigenvalue weighted by molar-refractivity contribution is 7.98. The summed E-state index contributed by atoms with van der Waals surface area (Å²) in [5.41, 5.74) is 0.943. The first-order valence-electron chi connectivity index (χ1n) is 7.50. The molecule has 2 rings (SSSR count). The number of hydrogen-bond donors (Lipinski definition) is 1. The van der Waals surface area contributed by atoms with Gasteiger partial charge in [0.2, 0.25) is 0 Å². The number of hydrogen-bond acceptors (Lipinski definition) is 3. The van der Waals surface area contributed by atoms with Crippen molar-refractivity contribution in [2.45, 2.75) is 43.6 Å². The summed E-state index contributed by atoms with van der Waals surface area (Å²) in [5, 5.41) is 13.1. The van der Waals surface area contributed by atoms with E-state index in [-0.39, 0.29) is 5.41 Å². The third kappa shape index (κ3) is 3.77. The zero-order chi connectivity index (χ0) is 14.3. The van der Waals surface area contributed by atoms with Gasteiger partial charge in [0, 0.05) is 6.04 Å². The molecule has 3 heteroatoms. The summed E-state index contributed by atoms with van der Waals surface area (Å²) in [5.74, 6) is 1.27. The van der Waals surface area contributed by atoms with Crippen molar-refractivity contribution in [3.05, 3.63) is 35.9 Å². The van der Waals surface area contributed by atoms with Crippen LogP contribution in [0, 0.1) is 11.3 Å². The Morgan fingerprint density at radius 3 is 2.65 bits per heavy atom. The molecular formula is C17H24N2S. The lowest BCUT2D eigenvalue weighted by Crippen LogP contribution is -2.51. The minimum Gasteiger partial charge on any atom is -0.314 e. The molecule has 0 aliphatic heterocycles. The molecule has 0 atom stereocenters. The van der Waals surface area contributed by atoms with Gasteiger partial charge in [-0.15, -0.1) is 0 Å². The van der Waals surface area contributed by atoms with Gasteiger partial charge in [0.25, 0.3) is 0 Å². The molecule has 1 saturated carbocycles. The average Bonchev–Trinajstić information content (AvgIpc) is 2.46. The van der Waals surface area contributed by atoms with E-state index in [0.29, 0.717) is 6.04 Å². The van der Waals surface area contributed by atoms with Crippen LogP contribution in [-0.2, 0) is 5.41 Å². The Hall–Kier alpha value is -0.980. The van der Waals surface area contributed by atoms with E-state index in [1.54, 1.807) is 0 Å². The van der Waals surface area contributed by atoms with Crippen molar-refractivity contribution in [3.63, 3.8) is 0 Å². The number of unbranched alkanes of at least 4 members (excludes halogenated alkanes) is 2. The second kappa shape index (κ2) is 7.71. The number of benzene rings is 1. The SMILES string of the molecule is CSCCCCCNC1CC(C#N)(c2ccccc2)C1. The van der Waals surface area contributed by atoms with Gasteiger partial charge in [0.1, 0.15) is 0 Å². The highest BCUT2D eigenvalue weighted by Gasteiger charge is 2.45. The Balaban J connectivity index is 1.69. The molecule has 1 fully saturated rings. The lowest BCUT2D eigenvalue weighted by molar-refractivity contribution is 0.226. The van der Waals surface area contributed by atoms with Crippen molar-refractivity contribution in [1.29, 1.82) is 5.26 Å². The smallest absolute Gasteiger partial charge is 0.0852 e. The molecule has 0 spiro atoms. The van der Waals surface area contributed by atoms with Gasteiger partial charge in [-0.25, -0.2) is 0 Å². The Kier molecular flexibility index (Phi) is 5.94. The minimum atomic E-state index is -0.238. The van der Waals surface area contributed by atoms with Crippen molar-refractivity contribution >= 4 is 11.8 Å². The molecule has 0 heterocycles. The van der Waals surface area contributed by atoms with E-state index in [4.69, 9.17) is 0 Å². The van der Waals surface area contributed by atoms with Crippen LogP contribution in [0.1, 0.15) is 37.7 Å². The molecule has 20 heavy (non-hydrogen) atoms. The van der Waals surface area contributed by atoms with Crippen LogP contribution in [-0.4, -0.2) is 24.6 Å². The molecule has 1 aliphatic rings. The zero-order valence-corrected chi connectivity index (χ0v) is 13.1. The standard InChI is InChI=1S/C17H24N2S/c1-20-11-7-3-6-10-19-16-12-17(13-16,14-18)15-8-4-2-5-9-15/h2,4-5,8-9,16,19H,3,6-7,10-13H2,1H3. The van der Waals surface area contributed by atoms with Gasteiger partial charge in [0.05, 0.1) is 11.5 Å². The normalized spacial score (nSPS) is 24.9. The summed E-state index contributed by atoms with van der Waals surface area (Å²) in [4.78, 5) is 0. The topological polar surface area (TPSA) is 35.8 Å². The number of nitrogens with one attached hydrogen (secondary N) is 1. The first-order valence-corrected chi connectivity index (χ1v) is 8.89. The van der Waals surface area contributed by atoms with E-state index in [1.807, 2.05) is 30.0 Å². The van der Waals surface area contributed by atoms with Crippen LogP contribution < -0.4 is 5.32 Å². The van der Waals surface area contributed by atoms with Crippen LogP contribution in [0.3, 0.4) is 0 Å². The Bertz CT molecular complexity index is 432. The van der Waals surface area contributed by atoms with Gasteiger partial charge in [-0.1, -0.05) is 36.8 Å². The quantitative estimate of drug-likeness (QED) is 0.740. The predicted molar refractivity (Wildman–Crippen MR) is 87.0 cm³/mol. The van der Waals surface area contributed by atoms with E-state index in [2.05, 4.69) is 29.8 Å². The first-order chi connectivity index (χ1) is 9.80. The zero-order valence-electron chi connectivity index (χ0n) is 12.3. The minimum absolute atomic E-state index is 0.238. The van der Waals surface area contributed by atoms with E-state index < -0.39 is 0 Å². The van der Waals surface area contributed by atoms with Gasteiger partial charge >= 0.3 is 0 Å². The maximum Gasteiger partial charge on any atom is 0.0852 e. The summed E-state index contributed by atoms with van der Waals surface area (Å²) < 4.78 is 0. The summed E-state index contributed by atoms with van der Waals surface area (Å²) in [7, 11) is 0. The van der Waals surface area contributed by atoms with Crippen LogP contribution in [0.4, 0.5) is 0 Å². The van der Waals surface area contributed by atoms with Gasteiger partial charge in [-0.2, -0.15) is 17.0 Å². The van der Waals surface area contributed by atoms with Crippen LogP contribution >= 0.6 is 11.8 Å². The fraction of sp³-hybridized carbons (Fsp3) is 0.588. The number of thioether (sulfide) groups is 1. The number of nitrogens with zero attached hydrogens (tertiary/aromatic N) is 1. The van der Waals surface area contributed by atoms with Crippen LogP contribution in [0.2, 0.25) is 0 Å². The molecule has 0 bridgehead atoms. The fourth-order valence-corrected chi connectivity index (χ4v) is 3.42. The monoisotopic (exact) mass is 288 g/mol. The summed E-state index contributed by atoms with van der Waals surface area (Å²) in [6, 6.07) is 13.3.